The Labute approximate surface area is 301 Å². The number of para-hydroxylation sites is 1. The van der Waals surface area contributed by atoms with Gasteiger partial charge in [-0.15, -0.1) is 6.58 Å². The number of hydrogen-bond acceptors (Lipinski definition) is 8. The second kappa shape index (κ2) is 14.4. The molecule has 3 aliphatic heterocycles. The monoisotopic (exact) mass is 724 g/mol. The van der Waals surface area contributed by atoms with E-state index in [1.54, 1.807) is 11.0 Å². The van der Waals surface area contributed by atoms with Gasteiger partial charge in [-0.25, -0.2) is 13.2 Å². The number of nitrogens with zero attached hydrogens (tertiary/aromatic N) is 3. The standard InChI is InChI=1S/C38H52N4O8S/c1-5-26-22-38(26,35(46)39-51(48,49)28-15-16-28)23-32(43)31-20-27(50-36(47)41-19-11-13-25-12-7-8-14-30(25)41)24-42(31)34(45)29(37(2,3)4)21-33(44)40-17-9-6-10-18-40/h5,7-8,12,14,26-29,31H,1,6,9-11,13,15-24H2,2-4H3,(H,39,46)/t26-,27-,29-,31+,38-/m1/s1. The van der Waals surface area contributed by atoms with E-state index in [-0.39, 0.29) is 44.0 Å². The summed E-state index contributed by atoms with van der Waals surface area (Å²) in [6.07, 6.45) is 5.65. The molecule has 5 aliphatic rings. The molecule has 12 nitrogen and oxygen atoms in total. The van der Waals surface area contributed by atoms with Crippen LogP contribution < -0.4 is 9.62 Å². The number of fused-ring (bicyclic) bond motifs is 1. The van der Waals surface area contributed by atoms with E-state index < -0.39 is 67.9 Å². The van der Waals surface area contributed by atoms with E-state index in [2.05, 4.69) is 11.3 Å². The molecule has 51 heavy (non-hydrogen) atoms. The lowest BCUT2D eigenvalue weighted by Crippen LogP contribution is -2.49. The fourth-order valence-corrected chi connectivity index (χ4v) is 9.47. The zero-order valence-electron chi connectivity index (χ0n) is 30.1. The number of aryl methyl sites for hydroxylation is 1. The van der Waals surface area contributed by atoms with Crippen LogP contribution in [0.5, 0.6) is 0 Å². The molecule has 5 atom stereocenters. The summed E-state index contributed by atoms with van der Waals surface area (Å²) < 4.78 is 33.7. The summed E-state index contributed by atoms with van der Waals surface area (Å²) in [6, 6.07) is 6.61. The summed E-state index contributed by atoms with van der Waals surface area (Å²) in [5, 5.41) is -0.609. The maximum atomic E-state index is 14.6. The van der Waals surface area contributed by atoms with Crippen molar-refractivity contribution in [1.82, 2.24) is 14.5 Å². The predicted molar refractivity (Wildman–Crippen MR) is 191 cm³/mol. The van der Waals surface area contributed by atoms with Gasteiger partial charge in [0.1, 0.15) is 6.10 Å². The number of nitrogens with one attached hydrogen (secondary N) is 1. The molecule has 3 heterocycles. The van der Waals surface area contributed by atoms with Gasteiger partial charge in [-0.1, -0.05) is 45.0 Å². The molecule has 1 N–H and O–H groups in total. The number of allylic oxidation sites excluding steroid dienone is 1. The van der Waals surface area contributed by atoms with E-state index in [4.69, 9.17) is 4.74 Å². The van der Waals surface area contributed by atoms with Gasteiger partial charge in [-0.05, 0) is 74.3 Å². The van der Waals surface area contributed by atoms with Crippen LogP contribution in [0.2, 0.25) is 0 Å². The predicted octanol–water partition coefficient (Wildman–Crippen LogP) is 4.37. The van der Waals surface area contributed by atoms with Gasteiger partial charge in [0.25, 0.3) is 0 Å². The number of hydrogen-bond donors (Lipinski definition) is 1. The molecule has 2 saturated heterocycles. The third-order valence-electron chi connectivity index (χ3n) is 11.5. The van der Waals surface area contributed by atoms with Gasteiger partial charge in [0, 0.05) is 38.9 Å². The Morgan fingerprint density at radius 2 is 1.75 bits per heavy atom. The Hall–Kier alpha value is -3.74. The number of sulfonamides is 1. The molecule has 13 heteroatoms. The average Bonchev–Trinajstić information content (AvgIpc) is 4.03. The first kappa shape index (κ1) is 37.0. The molecule has 0 spiro atoms. The molecule has 1 aromatic rings. The van der Waals surface area contributed by atoms with Crippen LogP contribution in [0.4, 0.5) is 10.5 Å². The minimum absolute atomic E-state index is 0.0152. The van der Waals surface area contributed by atoms with Gasteiger partial charge in [-0.2, -0.15) is 0 Å². The molecule has 1 aromatic carbocycles. The second-order valence-corrected chi connectivity index (χ2v) is 18.2. The fraction of sp³-hybridized carbons (Fsp3) is 0.658. The molecule has 4 fully saturated rings. The minimum Gasteiger partial charge on any atom is -0.444 e. The molecule has 278 valence electrons. The van der Waals surface area contributed by atoms with Gasteiger partial charge < -0.3 is 14.5 Å². The van der Waals surface area contributed by atoms with Gasteiger partial charge in [0.05, 0.1) is 34.9 Å². The summed E-state index contributed by atoms with van der Waals surface area (Å²) in [7, 11) is -3.85. The van der Waals surface area contributed by atoms with E-state index in [1.807, 2.05) is 49.9 Å². The normalized spacial score (nSPS) is 26.9. The quantitative estimate of drug-likeness (QED) is 0.331. The number of carbonyl (C=O) groups is 5. The first-order valence-corrected chi connectivity index (χ1v) is 20.0. The van der Waals surface area contributed by atoms with E-state index in [0.29, 0.717) is 32.5 Å². The third kappa shape index (κ3) is 7.88. The fourth-order valence-electron chi connectivity index (χ4n) is 8.08. The number of rotatable bonds is 11. The lowest BCUT2D eigenvalue weighted by molar-refractivity contribution is -0.148. The summed E-state index contributed by atoms with van der Waals surface area (Å²) in [6.45, 7) is 11.2. The maximum absolute atomic E-state index is 14.6. The van der Waals surface area contributed by atoms with Gasteiger partial charge >= 0.3 is 6.09 Å². The van der Waals surface area contributed by atoms with Crippen molar-refractivity contribution in [3.8, 4) is 0 Å². The molecule has 0 aromatic heterocycles. The summed E-state index contributed by atoms with van der Waals surface area (Å²) in [5.74, 6) is -2.78. The summed E-state index contributed by atoms with van der Waals surface area (Å²) in [4.78, 5) is 74.4. The smallest absolute Gasteiger partial charge is 0.414 e. The molecular formula is C38H52N4O8S. The van der Waals surface area contributed by atoms with Gasteiger partial charge in [0.2, 0.25) is 27.7 Å². The molecule has 2 aliphatic carbocycles. The highest BCUT2D eigenvalue weighted by atomic mass is 32.2. The average molecular weight is 725 g/mol. The number of amides is 4. The molecule has 6 rings (SSSR count). The number of piperidine rings is 1. The van der Waals surface area contributed by atoms with Crippen molar-refractivity contribution in [1.29, 1.82) is 0 Å². The zero-order valence-corrected chi connectivity index (χ0v) is 30.9. The number of likely N-dealkylation sites (tertiary alicyclic amines) is 2. The van der Waals surface area contributed by atoms with Crippen molar-refractivity contribution in [2.24, 2.45) is 22.7 Å². The van der Waals surface area contributed by atoms with Crippen LogP contribution in [0, 0.1) is 22.7 Å². The van der Waals surface area contributed by atoms with Crippen LogP contribution >= 0.6 is 0 Å². The van der Waals surface area contributed by atoms with Crippen molar-refractivity contribution in [2.75, 3.05) is 31.1 Å². The number of ether oxygens (including phenoxy) is 1. The first-order valence-electron chi connectivity index (χ1n) is 18.5. The maximum Gasteiger partial charge on any atom is 0.414 e. The van der Waals surface area contributed by atoms with Gasteiger partial charge in [0.15, 0.2) is 5.78 Å². The second-order valence-electron chi connectivity index (χ2n) is 16.2. The highest BCUT2D eigenvalue weighted by molar-refractivity contribution is 7.90. The SMILES string of the molecule is C=C[C@@H]1C[C@]1(CC(=O)[C@@H]1C[C@@H](OC(=O)N2CCCc3ccccc32)CN1C(=O)[C@@H](CC(=O)N1CCCCC1)C(C)(C)C)C(=O)NS(=O)(=O)C1CC1. The van der Waals surface area contributed by atoms with E-state index in [1.165, 1.54) is 4.90 Å². The number of carbonyl (C=O) groups excluding carboxylic acids is 5. The molecule has 0 radical (unpaired) electrons. The van der Waals surface area contributed by atoms with Crippen LogP contribution in [0.25, 0.3) is 0 Å². The van der Waals surface area contributed by atoms with Crippen LogP contribution in [-0.2, 0) is 40.4 Å². The molecule has 2 saturated carbocycles. The van der Waals surface area contributed by atoms with Gasteiger partial charge in [-0.3, -0.25) is 28.8 Å². The molecule has 4 amide bonds. The number of Topliss-reactive ketones (excluding diaryl/α,β-unsaturated/α-hetero) is 1. The van der Waals surface area contributed by atoms with E-state index >= 15 is 0 Å². The highest BCUT2D eigenvalue weighted by Gasteiger charge is 2.61. The largest absolute Gasteiger partial charge is 0.444 e. The number of anilines is 1. The molecular weight excluding hydrogens is 673 g/mol. The third-order valence-corrected chi connectivity index (χ3v) is 13.3. The summed E-state index contributed by atoms with van der Waals surface area (Å²) >= 11 is 0. The van der Waals surface area contributed by atoms with Crippen molar-refractivity contribution in [3.63, 3.8) is 0 Å². The van der Waals surface area contributed by atoms with Crippen LogP contribution in [-0.4, -0.2) is 91.4 Å². The highest BCUT2D eigenvalue weighted by Crippen LogP contribution is 2.57. The van der Waals surface area contributed by atoms with Crippen molar-refractivity contribution in [3.05, 3.63) is 42.5 Å². The van der Waals surface area contributed by atoms with Crippen molar-refractivity contribution < 1.29 is 37.1 Å². The van der Waals surface area contributed by atoms with Crippen LogP contribution in [0.3, 0.4) is 0 Å². The number of benzene rings is 1. The Morgan fingerprint density at radius 3 is 2.39 bits per heavy atom. The van der Waals surface area contributed by atoms with E-state index in [9.17, 15) is 32.4 Å². The first-order chi connectivity index (χ1) is 24.1. The lowest BCUT2D eigenvalue weighted by Gasteiger charge is -2.36. The molecule has 0 bridgehead atoms. The Balaban J connectivity index is 1.24. The summed E-state index contributed by atoms with van der Waals surface area (Å²) in [5.41, 5.74) is -0.118. The number of ketones is 1. The minimum atomic E-state index is -3.85. The van der Waals surface area contributed by atoms with Crippen molar-refractivity contribution >= 4 is 45.3 Å². The lowest BCUT2D eigenvalue weighted by atomic mass is 9.77. The Morgan fingerprint density at radius 1 is 1.04 bits per heavy atom. The van der Waals surface area contributed by atoms with E-state index in [0.717, 1.165) is 43.4 Å². The Bertz CT molecular complexity index is 1680. The van der Waals surface area contributed by atoms with Crippen LogP contribution in [0.15, 0.2) is 36.9 Å². The van der Waals surface area contributed by atoms with Crippen molar-refractivity contribution in [2.45, 2.75) is 109 Å². The zero-order chi connectivity index (χ0) is 36.7. The topological polar surface area (TPSA) is 150 Å². The Kier molecular flexibility index (Phi) is 10.4. The van der Waals surface area contributed by atoms with Crippen LogP contribution in [0.1, 0.15) is 90.5 Å². The molecule has 0 unspecified atom stereocenters.